The molecule has 2 bridgehead atoms. The van der Waals surface area contributed by atoms with Crippen LogP contribution in [0.15, 0.2) is 36.7 Å². The van der Waals surface area contributed by atoms with E-state index in [2.05, 4.69) is 42.9 Å². The molecule has 2 saturated heterocycles. The highest BCUT2D eigenvalue weighted by atomic mass is 15.2. The van der Waals surface area contributed by atoms with Gasteiger partial charge in [-0.25, -0.2) is 4.98 Å². The maximum absolute atomic E-state index is 8.94. The maximum Gasteiger partial charge on any atom is 0.153 e. The number of nitrogens with one attached hydrogen (secondary N) is 3. The van der Waals surface area contributed by atoms with Crippen LogP contribution >= 0.6 is 0 Å². The van der Waals surface area contributed by atoms with E-state index in [9.17, 15) is 0 Å². The smallest absolute Gasteiger partial charge is 0.153 e. The number of hydrogen-bond acceptors (Lipinski definition) is 7. The number of anilines is 3. The minimum absolute atomic E-state index is 0.377. The van der Waals surface area contributed by atoms with E-state index in [4.69, 9.17) is 10.2 Å². The van der Waals surface area contributed by atoms with Crippen LogP contribution in [-0.2, 0) is 0 Å². The van der Waals surface area contributed by atoms with Gasteiger partial charge in [0.2, 0.25) is 0 Å². The van der Waals surface area contributed by atoms with E-state index in [1.54, 1.807) is 12.4 Å². The minimum atomic E-state index is 0.377. The van der Waals surface area contributed by atoms with Crippen LogP contribution in [0.1, 0.15) is 32.1 Å². The SMILES string of the molecule is N#CCCN1C2CCC1CC(Nc1nc(Nc3cc[nH]n3)cc3ncccc13)C2. The lowest BCUT2D eigenvalue weighted by Gasteiger charge is -2.39. The van der Waals surface area contributed by atoms with E-state index in [1.165, 1.54) is 12.8 Å². The van der Waals surface area contributed by atoms with Crippen molar-refractivity contribution >= 4 is 28.4 Å². The van der Waals surface area contributed by atoms with E-state index in [0.717, 1.165) is 47.7 Å². The Labute approximate surface area is 169 Å². The summed E-state index contributed by atoms with van der Waals surface area (Å²) in [7, 11) is 0. The lowest BCUT2D eigenvalue weighted by Crippen LogP contribution is -2.47. The summed E-state index contributed by atoms with van der Waals surface area (Å²) in [5.41, 5.74) is 0.900. The highest BCUT2D eigenvalue weighted by Gasteiger charge is 2.40. The number of aromatic amines is 1. The van der Waals surface area contributed by atoms with Gasteiger partial charge in [-0.1, -0.05) is 0 Å². The first-order valence-corrected chi connectivity index (χ1v) is 10.2. The maximum atomic E-state index is 8.94. The minimum Gasteiger partial charge on any atom is -0.367 e. The highest BCUT2D eigenvalue weighted by molar-refractivity contribution is 5.91. The Balaban J connectivity index is 1.38. The number of nitrogens with zero attached hydrogens (tertiary/aromatic N) is 5. The Morgan fingerprint density at radius 2 is 2.07 bits per heavy atom. The summed E-state index contributed by atoms with van der Waals surface area (Å²) in [4.78, 5) is 11.9. The van der Waals surface area contributed by atoms with Crippen molar-refractivity contribution in [2.45, 2.75) is 50.2 Å². The van der Waals surface area contributed by atoms with Crippen LogP contribution in [0.25, 0.3) is 10.9 Å². The molecule has 8 heteroatoms. The number of fused-ring (bicyclic) bond motifs is 3. The summed E-state index contributed by atoms with van der Waals surface area (Å²) in [5, 5.41) is 23.9. The quantitative estimate of drug-likeness (QED) is 0.594. The summed E-state index contributed by atoms with van der Waals surface area (Å²) in [6.45, 7) is 0.896. The van der Waals surface area contributed by atoms with Crippen LogP contribution < -0.4 is 10.6 Å². The van der Waals surface area contributed by atoms with Crippen molar-refractivity contribution in [2.24, 2.45) is 0 Å². The van der Waals surface area contributed by atoms with Gasteiger partial charge in [-0.2, -0.15) is 10.4 Å². The molecule has 0 saturated carbocycles. The summed E-state index contributed by atoms with van der Waals surface area (Å²) in [6, 6.07) is 11.6. The molecular formula is C21H24N8. The third kappa shape index (κ3) is 3.61. The number of aromatic nitrogens is 4. The van der Waals surface area contributed by atoms with Crippen molar-refractivity contribution < 1.29 is 0 Å². The van der Waals surface area contributed by atoms with Crippen molar-refractivity contribution in [1.82, 2.24) is 25.1 Å². The molecule has 2 unspecified atom stereocenters. The van der Waals surface area contributed by atoms with E-state index in [-0.39, 0.29) is 0 Å². The number of nitriles is 1. The van der Waals surface area contributed by atoms with Crippen LogP contribution in [0.5, 0.6) is 0 Å². The summed E-state index contributed by atoms with van der Waals surface area (Å²) >= 11 is 0. The lowest BCUT2D eigenvalue weighted by molar-refractivity contribution is 0.136. The largest absolute Gasteiger partial charge is 0.367 e. The number of pyridine rings is 2. The zero-order valence-electron chi connectivity index (χ0n) is 16.2. The molecular weight excluding hydrogens is 364 g/mol. The molecule has 0 spiro atoms. The first-order valence-electron chi connectivity index (χ1n) is 10.2. The summed E-state index contributed by atoms with van der Waals surface area (Å²) in [6.07, 6.45) is 8.82. The molecule has 0 radical (unpaired) electrons. The Morgan fingerprint density at radius 1 is 1.21 bits per heavy atom. The van der Waals surface area contributed by atoms with Gasteiger partial charge in [0.15, 0.2) is 5.82 Å². The van der Waals surface area contributed by atoms with Crippen molar-refractivity contribution in [2.75, 3.05) is 17.2 Å². The van der Waals surface area contributed by atoms with Crippen LogP contribution in [0, 0.1) is 11.3 Å². The molecule has 0 amide bonds. The fourth-order valence-corrected chi connectivity index (χ4v) is 4.84. The molecule has 8 nitrogen and oxygen atoms in total. The first kappa shape index (κ1) is 17.9. The second-order valence-corrected chi connectivity index (χ2v) is 7.85. The zero-order chi connectivity index (χ0) is 19.6. The molecule has 2 aliphatic heterocycles. The average molecular weight is 388 g/mol. The van der Waals surface area contributed by atoms with Crippen molar-refractivity contribution in [3.05, 3.63) is 36.7 Å². The van der Waals surface area contributed by atoms with Gasteiger partial charge in [-0.3, -0.25) is 15.0 Å². The third-order valence-corrected chi connectivity index (χ3v) is 6.06. The molecule has 2 atom stereocenters. The van der Waals surface area contributed by atoms with Crippen molar-refractivity contribution in [1.29, 1.82) is 5.26 Å². The Bertz CT molecular complexity index is 1010. The Morgan fingerprint density at radius 3 is 2.83 bits per heavy atom. The topological polar surface area (TPSA) is 106 Å². The molecule has 3 aromatic rings. The molecule has 2 aliphatic rings. The Kier molecular flexibility index (Phi) is 4.74. The van der Waals surface area contributed by atoms with E-state index < -0.39 is 0 Å². The summed E-state index contributed by atoms with van der Waals surface area (Å²) < 4.78 is 0. The molecule has 3 aromatic heterocycles. The third-order valence-electron chi connectivity index (χ3n) is 6.06. The highest BCUT2D eigenvalue weighted by Crippen LogP contribution is 2.37. The molecule has 2 fully saturated rings. The van der Waals surface area contributed by atoms with Gasteiger partial charge < -0.3 is 10.6 Å². The van der Waals surface area contributed by atoms with Crippen LogP contribution in [0.3, 0.4) is 0 Å². The fourth-order valence-electron chi connectivity index (χ4n) is 4.84. The number of hydrogen-bond donors (Lipinski definition) is 3. The molecule has 148 valence electrons. The van der Waals surface area contributed by atoms with E-state index in [1.807, 2.05) is 18.2 Å². The normalized spacial score (nSPS) is 23.8. The predicted molar refractivity (Wildman–Crippen MR) is 112 cm³/mol. The molecule has 3 N–H and O–H groups in total. The van der Waals surface area contributed by atoms with Gasteiger partial charge in [0.05, 0.1) is 11.6 Å². The molecule has 0 aliphatic carbocycles. The average Bonchev–Trinajstić information content (AvgIpc) is 3.32. The Hall–Kier alpha value is -3.18. The van der Waals surface area contributed by atoms with E-state index in [0.29, 0.717) is 24.5 Å². The molecule has 5 rings (SSSR count). The van der Waals surface area contributed by atoms with Gasteiger partial charge in [0, 0.05) is 61.0 Å². The van der Waals surface area contributed by atoms with Gasteiger partial charge in [-0.15, -0.1) is 0 Å². The molecule has 29 heavy (non-hydrogen) atoms. The van der Waals surface area contributed by atoms with Crippen LogP contribution in [0.4, 0.5) is 17.5 Å². The molecule has 5 heterocycles. The number of rotatable bonds is 6. The second-order valence-electron chi connectivity index (χ2n) is 7.85. The predicted octanol–water partition coefficient (Wildman–Crippen LogP) is 3.42. The van der Waals surface area contributed by atoms with Crippen molar-refractivity contribution in [3.63, 3.8) is 0 Å². The van der Waals surface area contributed by atoms with Crippen molar-refractivity contribution in [3.8, 4) is 6.07 Å². The van der Waals surface area contributed by atoms with Crippen LogP contribution in [0.2, 0.25) is 0 Å². The number of piperidine rings is 1. The van der Waals surface area contributed by atoms with Gasteiger partial charge in [0.25, 0.3) is 0 Å². The van der Waals surface area contributed by atoms with Crippen LogP contribution in [-0.4, -0.2) is 49.7 Å². The molecule has 0 aromatic carbocycles. The monoisotopic (exact) mass is 388 g/mol. The fraction of sp³-hybridized carbons (Fsp3) is 0.429. The van der Waals surface area contributed by atoms with E-state index >= 15 is 0 Å². The lowest BCUT2D eigenvalue weighted by atomic mass is 9.97. The first-order chi connectivity index (χ1) is 14.3. The second kappa shape index (κ2) is 7.68. The summed E-state index contributed by atoms with van der Waals surface area (Å²) in [5.74, 6) is 2.31. The van der Waals surface area contributed by atoms with Gasteiger partial charge in [0.1, 0.15) is 11.6 Å². The van der Waals surface area contributed by atoms with Gasteiger partial charge >= 0.3 is 0 Å². The standard InChI is InChI=1S/C21H24N8/c22-7-2-10-29-15-4-5-16(29)12-14(11-15)25-21-17-3-1-8-23-18(17)13-20(27-21)26-19-6-9-24-28-19/h1,3,6,8-9,13-16H,2,4-5,10-12H2,(H3,24,25,26,27,28). The number of H-pyrrole nitrogens is 1. The zero-order valence-corrected chi connectivity index (χ0v) is 16.2. The van der Waals surface area contributed by atoms with Gasteiger partial charge in [-0.05, 0) is 37.8 Å².